The number of pyridine rings is 1. The van der Waals surface area contributed by atoms with Crippen molar-refractivity contribution in [1.82, 2.24) is 19.7 Å². The molecule has 0 amide bonds. The van der Waals surface area contributed by atoms with Crippen LogP contribution in [0.4, 0.5) is 4.39 Å². The van der Waals surface area contributed by atoms with Crippen molar-refractivity contribution in [3.05, 3.63) is 66.9 Å². The molecular formula is C17H8BrCl2FN4O2. The summed E-state index contributed by atoms with van der Waals surface area (Å²) in [6.45, 7) is 1.78. The van der Waals surface area contributed by atoms with Crippen LogP contribution >= 0.6 is 39.1 Å². The van der Waals surface area contributed by atoms with E-state index >= 15 is 0 Å². The highest BCUT2D eigenvalue weighted by molar-refractivity contribution is 9.10. The number of rotatable bonds is 2. The molecule has 0 bridgehead atoms. The lowest BCUT2D eigenvalue weighted by atomic mass is 10.1. The quantitative estimate of drug-likeness (QED) is 0.415. The zero-order valence-corrected chi connectivity index (χ0v) is 16.6. The second-order valence-corrected chi connectivity index (χ2v) is 7.33. The van der Waals surface area contributed by atoms with Gasteiger partial charge in [-0.1, -0.05) is 23.2 Å². The van der Waals surface area contributed by atoms with Crippen molar-refractivity contribution < 1.29 is 8.81 Å². The summed E-state index contributed by atoms with van der Waals surface area (Å²) in [6, 6.07) is 5.82. The summed E-state index contributed by atoms with van der Waals surface area (Å²) in [5, 5.41) is 4.96. The maximum Gasteiger partial charge on any atom is 0.347 e. The Balaban J connectivity index is 1.99. The van der Waals surface area contributed by atoms with E-state index < -0.39 is 11.4 Å². The molecule has 0 fully saturated rings. The van der Waals surface area contributed by atoms with Crippen molar-refractivity contribution in [2.75, 3.05) is 0 Å². The van der Waals surface area contributed by atoms with E-state index in [9.17, 15) is 9.18 Å². The zero-order valence-electron chi connectivity index (χ0n) is 13.5. The molecule has 0 atom stereocenters. The molecule has 0 radical (unpaired) electrons. The summed E-state index contributed by atoms with van der Waals surface area (Å²) < 4.78 is 21.2. The van der Waals surface area contributed by atoms with Crippen molar-refractivity contribution in [1.29, 1.82) is 0 Å². The van der Waals surface area contributed by atoms with Crippen LogP contribution in [-0.4, -0.2) is 19.7 Å². The molecular weight excluding hydrogens is 462 g/mol. The lowest BCUT2D eigenvalue weighted by molar-refractivity contribution is 0.512. The number of nitrogens with zero attached hydrogens (tertiary/aromatic N) is 4. The molecule has 3 heterocycles. The first kappa shape index (κ1) is 18.1. The lowest BCUT2D eigenvalue weighted by Gasteiger charge is -2.08. The van der Waals surface area contributed by atoms with Gasteiger partial charge in [-0.3, -0.25) is 0 Å². The van der Waals surface area contributed by atoms with E-state index in [1.165, 1.54) is 23.0 Å². The summed E-state index contributed by atoms with van der Waals surface area (Å²) in [5.74, 6) is -0.838. The molecule has 0 spiro atoms. The van der Waals surface area contributed by atoms with E-state index in [1.807, 2.05) is 0 Å². The van der Waals surface area contributed by atoms with Gasteiger partial charge in [-0.05, 0) is 46.6 Å². The Hall–Kier alpha value is -2.29. The summed E-state index contributed by atoms with van der Waals surface area (Å²) >= 11 is 15.0. The van der Waals surface area contributed by atoms with Crippen LogP contribution in [-0.2, 0) is 0 Å². The molecule has 6 nitrogen and oxygen atoms in total. The van der Waals surface area contributed by atoms with Gasteiger partial charge < -0.3 is 4.42 Å². The molecule has 0 saturated heterocycles. The van der Waals surface area contributed by atoms with E-state index in [-0.39, 0.29) is 27.8 Å². The second kappa shape index (κ2) is 6.70. The highest BCUT2D eigenvalue weighted by Crippen LogP contribution is 2.28. The third-order valence-corrected chi connectivity index (χ3v) is 4.59. The number of halogens is 4. The van der Waals surface area contributed by atoms with Gasteiger partial charge in [0.2, 0.25) is 5.89 Å². The summed E-state index contributed by atoms with van der Waals surface area (Å²) in [6.07, 6.45) is 1.29. The maximum absolute atomic E-state index is 14.3. The largest absolute Gasteiger partial charge is 0.401 e. The number of benzene rings is 1. The van der Waals surface area contributed by atoms with Crippen LogP contribution in [0.5, 0.6) is 0 Å². The molecule has 3 aromatic heterocycles. The first-order valence-corrected chi connectivity index (χ1v) is 9.07. The van der Waals surface area contributed by atoms with Gasteiger partial charge in [0.15, 0.2) is 11.6 Å². The highest BCUT2D eigenvalue weighted by Gasteiger charge is 2.20. The molecule has 1 aromatic carbocycles. The first-order chi connectivity index (χ1) is 12.8. The third-order valence-electron chi connectivity index (χ3n) is 3.78. The monoisotopic (exact) mass is 468 g/mol. The van der Waals surface area contributed by atoms with Gasteiger partial charge in [-0.15, -0.1) is 0 Å². The van der Waals surface area contributed by atoms with Crippen LogP contribution in [0.1, 0.15) is 5.56 Å². The molecule has 0 N–H and O–H groups in total. The fourth-order valence-corrected chi connectivity index (χ4v) is 3.44. The zero-order chi connectivity index (χ0) is 19.3. The van der Waals surface area contributed by atoms with E-state index in [0.717, 1.165) is 6.07 Å². The van der Waals surface area contributed by atoms with Crippen molar-refractivity contribution in [2.45, 2.75) is 6.92 Å². The van der Waals surface area contributed by atoms with E-state index in [2.05, 4.69) is 31.0 Å². The number of aromatic nitrogens is 4. The van der Waals surface area contributed by atoms with Crippen molar-refractivity contribution >= 4 is 50.0 Å². The first-order valence-electron chi connectivity index (χ1n) is 7.52. The molecule has 0 unspecified atom stereocenters. The SMILES string of the molecule is Cc1cc(Cl)cc2c(=O)oc(-c3cc(Br)nn3-c3ncc(Cl)cc3F)nc12. The smallest absolute Gasteiger partial charge is 0.347 e. The van der Waals surface area contributed by atoms with Crippen molar-refractivity contribution in [3.63, 3.8) is 0 Å². The number of aryl methyl sites for hydroxylation is 1. The molecule has 0 aliphatic rings. The van der Waals surface area contributed by atoms with Gasteiger partial charge in [0, 0.05) is 17.3 Å². The van der Waals surface area contributed by atoms with E-state index in [1.54, 1.807) is 13.0 Å². The maximum atomic E-state index is 14.3. The molecule has 10 heteroatoms. The third kappa shape index (κ3) is 3.24. The number of hydrogen-bond donors (Lipinski definition) is 0. The van der Waals surface area contributed by atoms with E-state index in [0.29, 0.717) is 20.7 Å². The molecule has 27 heavy (non-hydrogen) atoms. The van der Waals surface area contributed by atoms with Crippen LogP contribution < -0.4 is 5.63 Å². The normalized spacial score (nSPS) is 11.3. The van der Waals surface area contributed by atoms with Gasteiger partial charge >= 0.3 is 5.63 Å². The van der Waals surface area contributed by atoms with Gasteiger partial charge in [-0.25, -0.2) is 23.8 Å². The van der Waals surface area contributed by atoms with Crippen molar-refractivity contribution in [3.8, 4) is 17.4 Å². The average molecular weight is 470 g/mol. The summed E-state index contributed by atoms with van der Waals surface area (Å²) in [7, 11) is 0. The van der Waals surface area contributed by atoms with Crippen LogP contribution in [0.3, 0.4) is 0 Å². The molecule has 0 aliphatic heterocycles. The second-order valence-electron chi connectivity index (χ2n) is 5.65. The highest BCUT2D eigenvalue weighted by atomic mass is 79.9. The Bertz CT molecular complexity index is 1270. The molecule has 0 saturated carbocycles. The van der Waals surface area contributed by atoms with Crippen LogP contribution in [0.2, 0.25) is 10.0 Å². The van der Waals surface area contributed by atoms with Gasteiger partial charge in [0.1, 0.15) is 10.3 Å². The number of hydrogen-bond acceptors (Lipinski definition) is 5. The lowest BCUT2D eigenvalue weighted by Crippen LogP contribution is -2.08. The Morgan fingerprint density at radius 3 is 2.70 bits per heavy atom. The Morgan fingerprint density at radius 2 is 1.96 bits per heavy atom. The fourth-order valence-electron chi connectivity index (χ4n) is 2.65. The Labute approximate surface area is 169 Å². The minimum Gasteiger partial charge on any atom is -0.401 e. The Morgan fingerprint density at radius 1 is 1.19 bits per heavy atom. The average Bonchev–Trinajstić information content (AvgIpc) is 2.97. The van der Waals surface area contributed by atoms with Crippen molar-refractivity contribution in [2.24, 2.45) is 0 Å². The standard InChI is InChI=1S/C17H8BrCl2FN4O2/c1-7-2-8(19)3-10-14(7)23-16(27-17(10)26)12-5-13(18)24-25(12)15-11(21)4-9(20)6-22-15/h2-6H,1H3. The van der Waals surface area contributed by atoms with Crippen LogP contribution in [0.15, 0.2) is 44.3 Å². The summed E-state index contributed by atoms with van der Waals surface area (Å²) in [4.78, 5) is 20.8. The minimum absolute atomic E-state index is 0.0349. The van der Waals surface area contributed by atoms with Crippen LogP contribution in [0.25, 0.3) is 28.3 Å². The summed E-state index contributed by atoms with van der Waals surface area (Å²) in [5.41, 5.74) is 0.754. The van der Waals surface area contributed by atoms with Gasteiger partial charge in [-0.2, -0.15) is 5.10 Å². The van der Waals surface area contributed by atoms with E-state index in [4.69, 9.17) is 27.6 Å². The van der Waals surface area contributed by atoms with Crippen LogP contribution in [0, 0.1) is 12.7 Å². The predicted octanol–water partition coefficient (Wildman–Crippen LogP) is 4.95. The van der Waals surface area contributed by atoms with Gasteiger partial charge in [0.25, 0.3) is 0 Å². The fraction of sp³-hybridized carbons (Fsp3) is 0.0588. The molecule has 4 aromatic rings. The predicted molar refractivity (Wildman–Crippen MR) is 103 cm³/mol. The Kier molecular flexibility index (Phi) is 4.49. The number of fused-ring (bicyclic) bond motifs is 1. The molecule has 4 rings (SSSR count). The molecule has 136 valence electrons. The van der Waals surface area contributed by atoms with Gasteiger partial charge in [0.05, 0.1) is 15.9 Å². The topological polar surface area (TPSA) is 73.8 Å². The molecule has 0 aliphatic carbocycles. The minimum atomic E-state index is -0.689.